The molecule has 3 heterocycles. The Hall–Kier alpha value is -2.43. The van der Waals surface area contributed by atoms with Gasteiger partial charge >= 0.3 is 0 Å². The first-order valence-electron chi connectivity index (χ1n) is 10.2. The molecule has 10 heteroatoms. The summed E-state index contributed by atoms with van der Waals surface area (Å²) in [4.78, 5) is 28.0. The van der Waals surface area contributed by atoms with Gasteiger partial charge in [0, 0.05) is 31.9 Å². The largest absolute Gasteiger partial charge is 0.378 e. The number of benzene rings is 1. The lowest BCUT2D eigenvalue weighted by Gasteiger charge is -2.27. The van der Waals surface area contributed by atoms with Gasteiger partial charge < -0.3 is 25.0 Å². The zero-order valence-corrected chi connectivity index (χ0v) is 17.6. The van der Waals surface area contributed by atoms with Crippen LogP contribution in [0.5, 0.6) is 0 Å². The quantitative estimate of drug-likeness (QED) is 0.607. The van der Waals surface area contributed by atoms with Crippen molar-refractivity contribution >= 4 is 35.3 Å². The molecule has 30 heavy (non-hydrogen) atoms. The van der Waals surface area contributed by atoms with E-state index in [0.29, 0.717) is 36.8 Å². The Morgan fingerprint density at radius 1 is 1.13 bits per heavy atom. The molecule has 2 aromatic rings. The van der Waals surface area contributed by atoms with Crippen molar-refractivity contribution in [3.63, 3.8) is 0 Å². The SMILES string of the molecule is O=C(CSc1nc(Nc2ccccc2)nc(N2CCOCC2)n1)NCC1CCCO1. The lowest BCUT2D eigenvalue weighted by Crippen LogP contribution is -2.37. The van der Waals surface area contributed by atoms with Gasteiger partial charge in [-0.25, -0.2) is 0 Å². The average Bonchev–Trinajstić information content (AvgIpc) is 3.31. The Morgan fingerprint density at radius 2 is 1.97 bits per heavy atom. The zero-order chi connectivity index (χ0) is 20.6. The van der Waals surface area contributed by atoms with Gasteiger partial charge in [0.05, 0.1) is 25.1 Å². The number of thioether (sulfide) groups is 1. The van der Waals surface area contributed by atoms with Crippen molar-refractivity contribution in [2.45, 2.75) is 24.1 Å². The van der Waals surface area contributed by atoms with E-state index >= 15 is 0 Å². The summed E-state index contributed by atoms with van der Waals surface area (Å²) in [5.41, 5.74) is 0.891. The normalized spacial score (nSPS) is 18.9. The molecule has 2 saturated heterocycles. The fourth-order valence-corrected chi connectivity index (χ4v) is 3.90. The highest BCUT2D eigenvalue weighted by molar-refractivity contribution is 7.99. The molecule has 1 amide bonds. The maximum Gasteiger partial charge on any atom is 0.233 e. The third-order valence-electron chi connectivity index (χ3n) is 4.81. The molecule has 2 aliphatic heterocycles. The summed E-state index contributed by atoms with van der Waals surface area (Å²) in [6.07, 6.45) is 2.19. The van der Waals surface area contributed by atoms with Crippen LogP contribution in [-0.2, 0) is 14.3 Å². The second-order valence-electron chi connectivity index (χ2n) is 7.06. The van der Waals surface area contributed by atoms with Gasteiger partial charge in [0.15, 0.2) is 5.16 Å². The van der Waals surface area contributed by atoms with E-state index in [1.165, 1.54) is 11.8 Å². The minimum atomic E-state index is -0.0543. The number of carbonyl (C=O) groups excluding carboxylic acids is 1. The summed E-state index contributed by atoms with van der Waals surface area (Å²) in [5.74, 6) is 1.24. The molecule has 2 aliphatic rings. The van der Waals surface area contributed by atoms with Crippen LogP contribution < -0.4 is 15.5 Å². The average molecular weight is 431 g/mol. The summed E-state index contributed by atoms with van der Waals surface area (Å²) in [6, 6.07) is 9.74. The van der Waals surface area contributed by atoms with Crippen LogP contribution in [-0.4, -0.2) is 72.2 Å². The van der Waals surface area contributed by atoms with Gasteiger partial charge in [-0.15, -0.1) is 0 Å². The molecule has 0 aliphatic carbocycles. The molecule has 0 spiro atoms. The summed E-state index contributed by atoms with van der Waals surface area (Å²) in [6.45, 7) is 4.06. The first-order valence-corrected chi connectivity index (χ1v) is 11.2. The zero-order valence-electron chi connectivity index (χ0n) is 16.7. The maximum absolute atomic E-state index is 12.2. The highest BCUT2D eigenvalue weighted by Gasteiger charge is 2.19. The Kier molecular flexibility index (Phi) is 7.33. The van der Waals surface area contributed by atoms with E-state index in [2.05, 4.69) is 30.5 Å². The van der Waals surface area contributed by atoms with Crippen LogP contribution in [0, 0.1) is 0 Å². The number of para-hydroxylation sites is 1. The van der Waals surface area contributed by atoms with Crippen LogP contribution in [0.4, 0.5) is 17.6 Å². The molecule has 0 bridgehead atoms. The smallest absolute Gasteiger partial charge is 0.233 e. The molecule has 160 valence electrons. The molecule has 1 unspecified atom stereocenters. The molecule has 2 N–H and O–H groups in total. The Balaban J connectivity index is 1.42. The van der Waals surface area contributed by atoms with Crippen molar-refractivity contribution in [1.82, 2.24) is 20.3 Å². The summed E-state index contributed by atoms with van der Waals surface area (Å²) in [7, 11) is 0. The lowest BCUT2D eigenvalue weighted by molar-refractivity contribution is -0.119. The summed E-state index contributed by atoms with van der Waals surface area (Å²) < 4.78 is 11.0. The number of carbonyl (C=O) groups is 1. The molecular formula is C20H26N6O3S. The van der Waals surface area contributed by atoms with E-state index < -0.39 is 0 Å². The fraction of sp³-hybridized carbons (Fsp3) is 0.500. The van der Waals surface area contributed by atoms with Gasteiger partial charge in [0.2, 0.25) is 17.8 Å². The van der Waals surface area contributed by atoms with E-state index in [1.54, 1.807) is 0 Å². The second-order valence-corrected chi connectivity index (χ2v) is 8.00. The number of rotatable bonds is 8. The number of nitrogens with zero attached hydrogens (tertiary/aromatic N) is 4. The molecular weight excluding hydrogens is 404 g/mol. The molecule has 1 atom stereocenters. The van der Waals surface area contributed by atoms with E-state index in [4.69, 9.17) is 9.47 Å². The number of morpholine rings is 1. The topological polar surface area (TPSA) is 102 Å². The van der Waals surface area contributed by atoms with Gasteiger partial charge in [0.1, 0.15) is 0 Å². The molecule has 1 aromatic heterocycles. The van der Waals surface area contributed by atoms with Crippen molar-refractivity contribution in [3.05, 3.63) is 30.3 Å². The van der Waals surface area contributed by atoms with Crippen molar-refractivity contribution in [2.75, 3.05) is 55.4 Å². The monoisotopic (exact) mass is 430 g/mol. The Labute approximate surface area is 180 Å². The van der Waals surface area contributed by atoms with E-state index in [1.807, 2.05) is 30.3 Å². The number of amides is 1. The molecule has 1 aromatic carbocycles. The van der Waals surface area contributed by atoms with Gasteiger partial charge in [-0.05, 0) is 25.0 Å². The third kappa shape index (κ3) is 6.04. The van der Waals surface area contributed by atoms with Crippen molar-refractivity contribution < 1.29 is 14.3 Å². The van der Waals surface area contributed by atoms with Crippen molar-refractivity contribution in [3.8, 4) is 0 Å². The summed E-state index contributed by atoms with van der Waals surface area (Å²) >= 11 is 1.30. The fourth-order valence-electron chi connectivity index (χ4n) is 3.24. The van der Waals surface area contributed by atoms with Crippen LogP contribution in [0.2, 0.25) is 0 Å². The van der Waals surface area contributed by atoms with Gasteiger partial charge in [-0.2, -0.15) is 15.0 Å². The van der Waals surface area contributed by atoms with Gasteiger partial charge in [-0.1, -0.05) is 30.0 Å². The Morgan fingerprint density at radius 3 is 2.73 bits per heavy atom. The number of anilines is 3. The number of aromatic nitrogens is 3. The minimum absolute atomic E-state index is 0.0543. The number of ether oxygens (including phenoxy) is 2. The molecule has 9 nitrogen and oxygen atoms in total. The van der Waals surface area contributed by atoms with E-state index in [-0.39, 0.29) is 17.8 Å². The molecule has 2 fully saturated rings. The maximum atomic E-state index is 12.2. The van der Waals surface area contributed by atoms with E-state index in [9.17, 15) is 4.79 Å². The highest BCUT2D eigenvalue weighted by Crippen LogP contribution is 2.21. The molecule has 0 radical (unpaired) electrons. The van der Waals surface area contributed by atoms with Crippen LogP contribution in [0.15, 0.2) is 35.5 Å². The molecule has 0 saturated carbocycles. The first-order chi connectivity index (χ1) is 14.8. The van der Waals surface area contributed by atoms with Gasteiger partial charge in [0.25, 0.3) is 0 Å². The first kappa shape index (κ1) is 20.8. The third-order valence-corrected chi connectivity index (χ3v) is 5.66. The highest BCUT2D eigenvalue weighted by atomic mass is 32.2. The Bertz CT molecular complexity index is 829. The van der Waals surface area contributed by atoms with Crippen LogP contribution >= 0.6 is 11.8 Å². The summed E-state index contributed by atoms with van der Waals surface area (Å²) in [5, 5.41) is 6.66. The van der Waals surface area contributed by atoms with Crippen LogP contribution in [0.3, 0.4) is 0 Å². The predicted molar refractivity (Wildman–Crippen MR) is 115 cm³/mol. The predicted octanol–water partition coefficient (Wildman–Crippen LogP) is 1.84. The number of hydrogen-bond donors (Lipinski definition) is 2. The number of hydrogen-bond acceptors (Lipinski definition) is 9. The van der Waals surface area contributed by atoms with Gasteiger partial charge in [-0.3, -0.25) is 4.79 Å². The van der Waals surface area contributed by atoms with Crippen LogP contribution in [0.1, 0.15) is 12.8 Å². The van der Waals surface area contributed by atoms with Crippen LogP contribution in [0.25, 0.3) is 0 Å². The lowest BCUT2D eigenvalue weighted by atomic mass is 10.2. The minimum Gasteiger partial charge on any atom is -0.378 e. The molecule has 4 rings (SSSR count). The van der Waals surface area contributed by atoms with Crippen molar-refractivity contribution in [2.24, 2.45) is 0 Å². The van der Waals surface area contributed by atoms with Crippen molar-refractivity contribution in [1.29, 1.82) is 0 Å². The van der Waals surface area contributed by atoms with E-state index in [0.717, 1.165) is 38.2 Å². The standard InChI is InChI=1S/C20H26N6O3S/c27-17(21-13-16-7-4-10-29-16)14-30-20-24-18(22-15-5-2-1-3-6-15)23-19(25-20)26-8-11-28-12-9-26/h1-3,5-6,16H,4,7-14H2,(H,21,27)(H,22,23,24,25). The second kappa shape index (κ2) is 10.6. The number of nitrogens with one attached hydrogen (secondary N) is 2.